The van der Waals surface area contributed by atoms with Crippen LogP contribution in [-0.2, 0) is 22.3 Å². The molecule has 5 nitrogen and oxygen atoms in total. The highest BCUT2D eigenvalue weighted by atomic mass is 19.4. The molecular weight excluding hydrogens is 291 g/mol. The van der Waals surface area contributed by atoms with Crippen LogP contribution in [0.3, 0.4) is 0 Å². The van der Waals surface area contributed by atoms with Crippen LogP contribution in [0.4, 0.5) is 13.2 Å². The first-order chi connectivity index (χ1) is 9.61. The van der Waals surface area contributed by atoms with Gasteiger partial charge in [0.25, 0.3) is 5.91 Å². The second kappa shape index (κ2) is 6.29. The molecule has 0 bridgehead atoms. The topological polar surface area (TPSA) is 77.8 Å². The van der Waals surface area contributed by atoms with Crippen LogP contribution in [-0.4, -0.2) is 34.0 Å². The Morgan fingerprint density at radius 2 is 1.90 bits per heavy atom. The highest BCUT2D eigenvalue weighted by Gasteiger charge is 2.30. The van der Waals surface area contributed by atoms with Crippen molar-refractivity contribution >= 4 is 11.9 Å². The largest absolute Gasteiger partial charge is 0.502 e. The molecule has 0 aromatic heterocycles. The number of nitrogens with zero attached hydrogens (tertiary/aromatic N) is 1. The van der Waals surface area contributed by atoms with E-state index in [1.54, 1.807) is 0 Å². The Morgan fingerprint density at radius 3 is 2.43 bits per heavy atom. The van der Waals surface area contributed by atoms with Gasteiger partial charge in [0.2, 0.25) is 5.76 Å². The summed E-state index contributed by atoms with van der Waals surface area (Å²) in [5, 5.41) is 17.3. The van der Waals surface area contributed by atoms with Gasteiger partial charge in [0.05, 0.1) is 11.6 Å². The van der Waals surface area contributed by atoms with E-state index in [1.807, 2.05) is 0 Å². The molecule has 21 heavy (non-hydrogen) atoms. The molecule has 0 saturated heterocycles. The van der Waals surface area contributed by atoms with Crippen molar-refractivity contribution in [3.63, 3.8) is 0 Å². The quantitative estimate of drug-likeness (QED) is 0.660. The molecule has 0 radical (unpaired) electrons. The number of hydrogen-bond acceptors (Lipinski definition) is 3. The molecule has 0 fully saturated rings. The number of aliphatic hydroxyl groups is 1. The number of amides is 1. The lowest BCUT2D eigenvalue weighted by atomic mass is 10.1. The molecule has 1 amide bonds. The Labute approximate surface area is 117 Å². The lowest BCUT2D eigenvalue weighted by Crippen LogP contribution is -2.25. The van der Waals surface area contributed by atoms with Gasteiger partial charge in [-0.1, -0.05) is 12.1 Å². The molecule has 0 spiro atoms. The first-order valence-electron chi connectivity index (χ1n) is 5.66. The van der Waals surface area contributed by atoms with Gasteiger partial charge in [-0.3, -0.25) is 4.79 Å². The number of likely N-dealkylation sites (N-methyl/N-ethyl adjacent to an activating group) is 1. The van der Waals surface area contributed by atoms with E-state index in [4.69, 9.17) is 10.2 Å². The summed E-state index contributed by atoms with van der Waals surface area (Å²) in [5.41, 5.74) is -0.617. The van der Waals surface area contributed by atoms with E-state index in [-0.39, 0.29) is 12.1 Å². The van der Waals surface area contributed by atoms with E-state index in [9.17, 15) is 22.8 Å². The number of hydrogen-bond donors (Lipinski definition) is 2. The van der Waals surface area contributed by atoms with E-state index in [1.165, 1.54) is 19.2 Å². The zero-order valence-corrected chi connectivity index (χ0v) is 10.9. The first kappa shape index (κ1) is 16.5. The fourth-order valence-corrected chi connectivity index (χ4v) is 1.49. The van der Waals surface area contributed by atoms with Crippen molar-refractivity contribution in [1.29, 1.82) is 0 Å². The smallest absolute Gasteiger partial charge is 0.416 e. The van der Waals surface area contributed by atoms with Crippen LogP contribution in [0.1, 0.15) is 11.1 Å². The number of carbonyl (C=O) groups is 2. The van der Waals surface area contributed by atoms with E-state index in [0.29, 0.717) is 6.08 Å². The number of rotatable bonds is 4. The van der Waals surface area contributed by atoms with Crippen LogP contribution in [0.15, 0.2) is 36.1 Å². The predicted molar refractivity (Wildman–Crippen MR) is 66.3 cm³/mol. The van der Waals surface area contributed by atoms with Gasteiger partial charge in [-0.05, 0) is 17.7 Å². The third-order valence-electron chi connectivity index (χ3n) is 2.53. The predicted octanol–water partition coefficient (Wildman–Crippen LogP) is 2.19. The number of carboxylic acid groups (broad SMARTS) is 1. The van der Waals surface area contributed by atoms with Crippen molar-refractivity contribution in [3.8, 4) is 0 Å². The molecule has 8 heteroatoms. The number of benzene rings is 1. The second-order valence-corrected chi connectivity index (χ2v) is 4.23. The molecular formula is C13H12F3NO4. The van der Waals surface area contributed by atoms with E-state index in [0.717, 1.165) is 17.0 Å². The van der Waals surface area contributed by atoms with Gasteiger partial charge < -0.3 is 15.1 Å². The van der Waals surface area contributed by atoms with Crippen molar-refractivity contribution in [1.82, 2.24) is 4.90 Å². The number of halogens is 3. The van der Waals surface area contributed by atoms with Crippen LogP contribution in [0, 0.1) is 0 Å². The summed E-state index contributed by atoms with van der Waals surface area (Å²) >= 11 is 0. The summed E-state index contributed by atoms with van der Waals surface area (Å²) in [6.45, 7) is -0.161. The molecule has 114 valence electrons. The summed E-state index contributed by atoms with van der Waals surface area (Å²) in [6.07, 6.45) is -4.00. The van der Waals surface area contributed by atoms with Gasteiger partial charge in [0.15, 0.2) is 0 Å². The molecule has 0 heterocycles. The molecule has 0 atom stereocenters. The van der Waals surface area contributed by atoms with Gasteiger partial charge in [0.1, 0.15) is 0 Å². The number of aliphatic hydroxyl groups excluding tert-OH is 1. The van der Waals surface area contributed by atoms with Gasteiger partial charge in [-0.2, -0.15) is 13.2 Å². The lowest BCUT2D eigenvalue weighted by molar-refractivity contribution is -0.138. The molecule has 0 aliphatic heterocycles. The zero-order valence-electron chi connectivity index (χ0n) is 10.9. The number of carbonyl (C=O) groups excluding carboxylic acids is 1. The summed E-state index contributed by atoms with van der Waals surface area (Å²) in [7, 11) is 1.27. The SMILES string of the molecule is CN(Cc1cccc(C(F)(F)F)c1)C(=O)C=C(O)C(=O)O. The fraction of sp³-hybridized carbons (Fsp3) is 0.231. The van der Waals surface area contributed by atoms with E-state index in [2.05, 4.69) is 0 Å². The van der Waals surface area contributed by atoms with Gasteiger partial charge in [0, 0.05) is 13.6 Å². The average Bonchev–Trinajstić information content (AvgIpc) is 2.37. The van der Waals surface area contributed by atoms with Crippen LogP contribution in [0.25, 0.3) is 0 Å². The van der Waals surface area contributed by atoms with Gasteiger partial charge >= 0.3 is 12.1 Å². The van der Waals surface area contributed by atoms with Crippen LogP contribution < -0.4 is 0 Å². The van der Waals surface area contributed by atoms with Gasteiger partial charge in [-0.15, -0.1) is 0 Å². The minimum Gasteiger partial charge on any atom is -0.502 e. The maximum atomic E-state index is 12.5. The van der Waals surface area contributed by atoms with Crippen molar-refractivity contribution < 1.29 is 33.0 Å². The zero-order chi connectivity index (χ0) is 16.2. The Hall–Kier alpha value is -2.51. The molecule has 0 aliphatic carbocycles. The highest BCUT2D eigenvalue weighted by Crippen LogP contribution is 2.29. The normalized spacial score (nSPS) is 12.1. The number of carboxylic acids is 1. The summed E-state index contributed by atoms with van der Waals surface area (Å²) in [6, 6.07) is 4.41. The van der Waals surface area contributed by atoms with E-state index < -0.39 is 29.4 Å². The molecule has 0 saturated carbocycles. The molecule has 2 N–H and O–H groups in total. The Kier molecular flexibility index (Phi) is 4.96. The maximum Gasteiger partial charge on any atom is 0.416 e. The van der Waals surface area contributed by atoms with E-state index >= 15 is 0 Å². The average molecular weight is 303 g/mol. The molecule has 0 aliphatic rings. The second-order valence-electron chi connectivity index (χ2n) is 4.23. The van der Waals surface area contributed by atoms with Gasteiger partial charge in [-0.25, -0.2) is 4.79 Å². The van der Waals surface area contributed by atoms with Crippen molar-refractivity contribution in [2.24, 2.45) is 0 Å². The Balaban J connectivity index is 2.84. The maximum absolute atomic E-state index is 12.5. The fourth-order valence-electron chi connectivity index (χ4n) is 1.49. The standard InChI is InChI=1S/C13H12F3NO4/c1-17(11(19)6-10(18)12(20)21)7-8-3-2-4-9(5-8)13(14,15)16/h2-6,18H,7H2,1H3,(H,20,21). The molecule has 1 aromatic carbocycles. The summed E-state index contributed by atoms with van der Waals surface area (Å²) in [4.78, 5) is 22.9. The first-order valence-corrected chi connectivity index (χ1v) is 5.66. The molecule has 1 rings (SSSR count). The minimum absolute atomic E-state index is 0.161. The monoisotopic (exact) mass is 303 g/mol. The summed E-state index contributed by atoms with van der Waals surface area (Å²) in [5.74, 6) is -3.65. The van der Waals surface area contributed by atoms with Crippen molar-refractivity contribution in [3.05, 3.63) is 47.2 Å². The third-order valence-corrected chi connectivity index (χ3v) is 2.53. The number of alkyl halides is 3. The van der Waals surface area contributed by atoms with Crippen LogP contribution in [0.2, 0.25) is 0 Å². The van der Waals surface area contributed by atoms with Crippen molar-refractivity contribution in [2.45, 2.75) is 12.7 Å². The van der Waals surface area contributed by atoms with Crippen LogP contribution in [0.5, 0.6) is 0 Å². The summed E-state index contributed by atoms with van der Waals surface area (Å²) < 4.78 is 37.6. The highest BCUT2D eigenvalue weighted by molar-refractivity contribution is 5.95. The molecule has 1 aromatic rings. The van der Waals surface area contributed by atoms with Crippen LogP contribution >= 0.6 is 0 Å². The molecule has 0 unspecified atom stereocenters. The minimum atomic E-state index is -4.49. The Morgan fingerprint density at radius 1 is 1.29 bits per heavy atom. The number of aliphatic carboxylic acids is 1. The Bertz CT molecular complexity index is 581. The lowest BCUT2D eigenvalue weighted by Gasteiger charge is -2.16. The van der Waals surface area contributed by atoms with Crippen molar-refractivity contribution in [2.75, 3.05) is 7.05 Å². The third kappa shape index (κ3) is 4.83.